The quantitative estimate of drug-likeness (QED) is 0.803. The molecule has 1 amide bonds. The number of aliphatic hydroxyl groups excluding tert-OH is 1. The van der Waals surface area contributed by atoms with Crippen molar-refractivity contribution in [2.45, 2.75) is 19.4 Å². The Morgan fingerprint density at radius 2 is 1.83 bits per heavy atom. The lowest BCUT2D eigenvalue weighted by molar-refractivity contribution is 0.152. The van der Waals surface area contributed by atoms with Gasteiger partial charge in [-0.15, -0.1) is 0 Å². The molecule has 0 aliphatic carbocycles. The fraction of sp³-hybridized carbons (Fsp3) is 0.278. The molecule has 0 bridgehead atoms. The first kappa shape index (κ1) is 17.5. The Hall–Kier alpha value is -1.85. The summed E-state index contributed by atoms with van der Waals surface area (Å²) in [7, 11) is 0. The number of hydrogen-bond acceptors (Lipinski definition) is 3. The molecule has 2 rings (SSSR count). The minimum absolute atomic E-state index is 0.313. The lowest BCUT2D eigenvalue weighted by Crippen LogP contribution is -2.33. The molecule has 0 radical (unpaired) electrons. The lowest BCUT2D eigenvalue weighted by atomic mass is 10.1. The molecule has 0 fully saturated rings. The standard InChI is InChI=1S/C18H20BrNO3/c1-2-23-18(22)20(16-10-8-15(19)9-11-16)13-12-17(21)14-6-4-3-5-7-14/h3-11,17,21H,2,12-13H2,1H3. The van der Waals surface area contributed by atoms with Gasteiger partial charge in [-0.25, -0.2) is 4.79 Å². The Balaban J connectivity index is 2.08. The first-order chi connectivity index (χ1) is 11.1. The van der Waals surface area contributed by atoms with Gasteiger partial charge in [-0.1, -0.05) is 46.3 Å². The van der Waals surface area contributed by atoms with Crippen molar-refractivity contribution in [2.75, 3.05) is 18.1 Å². The van der Waals surface area contributed by atoms with Gasteiger partial charge in [0.2, 0.25) is 0 Å². The largest absolute Gasteiger partial charge is 0.449 e. The zero-order chi connectivity index (χ0) is 16.7. The van der Waals surface area contributed by atoms with Crippen molar-refractivity contribution < 1.29 is 14.6 Å². The van der Waals surface area contributed by atoms with E-state index < -0.39 is 12.2 Å². The number of benzene rings is 2. The topological polar surface area (TPSA) is 49.8 Å². The van der Waals surface area contributed by atoms with Gasteiger partial charge in [-0.3, -0.25) is 4.90 Å². The molecule has 122 valence electrons. The molecule has 0 aliphatic heterocycles. The molecular weight excluding hydrogens is 358 g/mol. The average molecular weight is 378 g/mol. The van der Waals surface area contributed by atoms with Crippen molar-refractivity contribution in [2.24, 2.45) is 0 Å². The van der Waals surface area contributed by atoms with Gasteiger partial charge in [0.15, 0.2) is 0 Å². The molecule has 2 aromatic rings. The molecule has 1 N–H and O–H groups in total. The minimum atomic E-state index is -0.622. The number of nitrogens with zero attached hydrogens (tertiary/aromatic N) is 1. The van der Waals surface area contributed by atoms with E-state index in [1.165, 1.54) is 0 Å². The van der Waals surface area contributed by atoms with Crippen LogP contribution >= 0.6 is 15.9 Å². The van der Waals surface area contributed by atoms with E-state index in [4.69, 9.17) is 4.74 Å². The summed E-state index contributed by atoms with van der Waals surface area (Å²) in [6, 6.07) is 16.9. The zero-order valence-electron chi connectivity index (χ0n) is 13.0. The van der Waals surface area contributed by atoms with Crippen molar-refractivity contribution in [3.05, 3.63) is 64.6 Å². The van der Waals surface area contributed by atoms with Crippen LogP contribution in [0, 0.1) is 0 Å². The first-order valence-corrected chi connectivity index (χ1v) is 8.34. The van der Waals surface area contributed by atoms with Crippen LogP contribution in [0.25, 0.3) is 0 Å². The van der Waals surface area contributed by atoms with E-state index in [1.807, 2.05) is 54.6 Å². The van der Waals surface area contributed by atoms with Crippen LogP contribution in [0.5, 0.6) is 0 Å². The van der Waals surface area contributed by atoms with Crippen LogP contribution in [-0.4, -0.2) is 24.4 Å². The van der Waals surface area contributed by atoms with Crippen molar-refractivity contribution >= 4 is 27.7 Å². The number of rotatable bonds is 6. The monoisotopic (exact) mass is 377 g/mol. The Labute approximate surface area is 144 Å². The van der Waals surface area contributed by atoms with Crippen molar-refractivity contribution in [1.29, 1.82) is 0 Å². The fourth-order valence-corrected chi connectivity index (χ4v) is 2.51. The third-order valence-corrected chi connectivity index (χ3v) is 3.97. The maximum absolute atomic E-state index is 12.2. The Morgan fingerprint density at radius 1 is 1.17 bits per heavy atom. The van der Waals surface area contributed by atoms with Gasteiger partial charge >= 0.3 is 6.09 Å². The van der Waals surface area contributed by atoms with Crippen LogP contribution in [-0.2, 0) is 4.74 Å². The molecule has 23 heavy (non-hydrogen) atoms. The second-order valence-corrected chi connectivity index (χ2v) is 5.96. The van der Waals surface area contributed by atoms with Crippen molar-refractivity contribution in [3.63, 3.8) is 0 Å². The maximum Gasteiger partial charge on any atom is 0.414 e. The number of amides is 1. The van der Waals surface area contributed by atoms with Crippen LogP contribution < -0.4 is 4.90 Å². The SMILES string of the molecule is CCOC(=O)N(CCC(O)c1ccccc1)c1ccc(Br)cc1. The molecule has 0 heterocycles. The predicted molar refractivity (Wildman–Crippen MR) is 94.5 cm³/mol. The summed E-state index contributed by atoms with van der Waals surface area (Å²) < 4.78 is 6.06. The van der Waals surface area contributed by atoms with E-state index in [2.05, 4.69) is 15.9 Å². The number of carbonyl (C=O) groups excluding carboxylic acids is 1. The molecule has 0 aromatic heterocycles. The fourth-order valence-electron chi connectivity index (χ4n) is 2.24. The normalized spacial score (nSPS) is 11.8. The van der Waals surface area contributed by atoms with Gasteiger partial charge in [0.1, 0.15) is 0 Å². The van der Waals surface area contributed by atoms with Gasteiger partial charge in [0.25, 0.3) is 0 Å². The summed E-state index contributed by atoms with van der Waals surface area (Å²) in [5, 5.41) is 10.3. The maximum atomic E-state index is 12.2. The number of hydrogen-bond donors (Lipinski definition) is 1. The van der Waals surface area contributed by atoms with Gasteiger partial charge < -0.3 is 9.84 Å². The van der Waals surface area contributed by atoms with Crippen LogP contribution in [0.15, 0.2) is 59.1 Å². The molecule has 5 heteroatoms. The van der Waals surface area contributed by atoms with Gasteiger partial charge in [0.05, 0.1) is 12.7 Å². The van der Waals surface area contributed by atoms with Gasteiger partial charge in [0, 0.05) is 16.7 Å². The van der Waals surface area contributed by atoms with E-state index in [-0.39, 0.29) is 0 Å². The number of ether oxygens (including phenoxy) is 1. The van der Waals surface area contributed by atoms with Crippen molar-refractivity contribution in [1.82, 2.24) is 0 Å². The lowest BCUT2D eigenvalue weighted by Gasteiger charge is -2.23. The molecule has 0 aliphatic rings. The molecule has 0 saturated heterocycles. The van der Waals surface area contributed by atoms with E-state index in [0.717, 1.165) is 15.7 Å². The molecule has 2 aromatic carbocycles. The Morgan fingerprint density at radius 3 is 2.43 bits per heavy atom. The third-order valence-electron chi connectivity index (χ3n) is 3.44. The van der Waals surface area contributed by atoms with Crippen LogP contribution in [0.2, 0.25) is 0 Å². The zero-order valence-corrected chi connectivity index (χ0v) is 14.6. The van der Waals surface area contributed by atoms with Gasteiger partial charge in [-0.2, -0.15) is 0 Å². The molecule has 0 spiro atoms. The summed E-state index contributed by atoms with van der Waals surface area (Å²) in [6.07, 6.45) is -0.600. The minimum Gasteiger partial charge on any atom is -0.449 e. The van der Waals surface area contributed by atoms with E-state index in [9.17, 15) is 9.90 Å². The summed E-state index contributed by atoms with van der Waals surface area (Å²) in [5.41, 5.74) is 1.58. The highest BCUT2D eigenvalue weighted by molar-refractivity contribution is 9.10. The highest BCUT2D eigenvalue weighted by atomic mass is 79.9. The van der Waals surface area contributed by atoms with Crippen LogP contribution in [0.4, 0.5) is 10.5 Å². The molecule has 1 atom stereocenters. The average Bonchev–Trinajstić information content (AvgIpc) is 2.57. The number of halogens is 1. The Kier molecular flexibility index (Phi) is 6.62. The number of anilines is 1. The highest BCUT2D eigenvalue weighted by Crippen LogP contribution is 2.22. The number of carbonyl (C=O) groups is 1. The summed E-state index contributed by atoms with van der Waals surface area (Å²) in [4.78, 5) is 13.7. The van der Waals surface area contributed by atoms with E-state index in [1.54, 1.807) is 11.8 Å². The van der Waals surface area contributed by atoms with E-state index in [0.29, 0.717) is 19.6 Å². The second kappa shape index (κ2) is 8.70. The molecule has 4 nitrogen and oxygen atoms in total. The van der Waals surface area contributed by atoms with Gasteiger partial charge in [-0.05, 0) is 43.2 Å². The summed E-state index contributed by atoms with van der Waals surface area (Å²) in [6.45, 7) is 2.46. The summed E-state index contributed by atoms with van der Waals surface area (Å²) >= 11 is 3.38. The molecule has 0 saturated carbocycles. The smallest absolute Gasteiger partial charge is 0.414 e. The first-order valence-electron chi connectivity index (χ1n) is 7.54. The van der Waals surface area contributed by atoms with Crippen molar-refractivity contribution in [3.8, 4) is 0 Å². The van der Waals surface area contributed by atoms with E-state index >= 15 is 0 Å². The molecule has 1 unspecified atom stereocenters. The van der Waals surface area contributed by atoms with Crippen LogP contribution in [0.1, 0.15) is 25.0 Å². The summed E-state index contributed by atoms with van der Waals surface area (Å²) in [5.74, 6) is 0. The second-order valence-electron chi connectivity index (χ2n) is 5.04. The number of aliphatic hydroxyl groups is 1. The third kappa shape index (κ3) is 5.08. The van der Waals surface area contributed by atoms with Crippen LogP contribution in [0.3, 0.4) is 0 Å². The highest BCUT2D eigenvalue weighted by Gasteiger charge is 2.18. The predicted octanol–water partition coefficient (Wildman–Crippen LogP) is 4.54. The molecular formula is C18H20BrNO3. The Bertz CT molecular complexity index is 616.